The van der Waals surface area contributed by atoms with Gasteiger partial charge in [-0.05, 0) is 51.6 Å². The molecule has 0 rings (SSSR count). The molecule has 0 unspecified atom stereocenters. The van der Waals surface area contributed by atoms with E-state index in [4.69, 9.17) is 5.73 Å². The van der Waals surface area contributed by atoms with Gasteiger partial charge in [0, 0.05) is 5.54 Å². The van der Waals surface area contributed by atoms with Crippen LogP contribution in [-0.2, 0) is 0 Å². The van der Waals surface area contributed by atoms with Crippen LogP contribution in [0.15, 0.2) is 0 Å². The van der Waals surface area contributed by atoms with Crippen LogP contribution in [0.1, 0.15) is 53.9 Å². The average Bonchev–Trinajstić information content (AvgIpc) is 1.92. The lowest BCUT2D eigenvalue weighted by atomic mass is 9.92. The summed E-state index contributed by atoms with van der Waals surface area (Å²) in [6.45, 7) is 13.2. The Kier molecular flexibility index (Phi) is 5.68. The van der Waals surface area contributed by atoms with E-state index >= 15 is 0 Å². The molecule has 0 atom stereocenters. The molecule has 0 saturated carbocycles. The second-order valence-corrected chi connectivity index (χ2v) is 6.15. The molecule has 0 aromatic heterocycles. The van der Waals surface area contributed by atoms with Crippen molar-refractivity contribution in [2.45, 2.75) is 59.4 Å². The molecule has 3 N–H and O–H groups in total. The van der Waals surface area contributed by atoms with E-state index in [-0.39, 0.29) is 5.54 Å². The van der Waals surface area contributed by atoms with Crippen molar-refractivity contribution in [2.75, 3.05) is 13.1 Å². The molecule has 0 radical (unpaired) electrons. The van der Waals surface area contributed by atoms with E-state index in [9.17, 15) is 0 Å². The molecule has 0 spiro atoms. The second kappa shape index (κ2) is 5.72. The van der Waals surface area contributed by atoms with Crippen LogP contribution >= 0.6 is 0 Å². The fourth-order valence-corrected chi connectivity index (χ4v) is 1.26. The zero-order valence-corrected chi connectivity index (χ0v) is 10.6. The van der Waals surface area contributed by atoms with Gasteiger partial charge in [-0.2, -0.15) is 0 Å². The highest BCUT2D eigenvalue weighted by atomic mass is 14.8. The fraction of sp³-hybridized carbons (Fsp3) is 1.00. The summed E-state index contributed by atoms with van der Waals surface area (Å²) in [5.74, 6) is 0. The molecule has 14 heavy (non-hydrogen) atoms. The van der Waals surface area contributed by atoms with Gasteiger partial charge in [0.1, 0.15) is 0 Å². The lowest BCUT2D eigenvalue weighted by molar-refractivity contribution is 0.362. The predicted molar refractivity (Wildman–Crippen MR) is 64.4 cm³/mol. The number of rotatable bonds is 6. The van der Waals surface area contributed by atoms with Gasteiger partial charge in [0.25, 0.3) is 0 Å². The minimum absolute atomic E-state index is 0.00823. The molecule has 0 aliphatic carbocycles. The van der Waals surface area contributed by atoms with E-state index in [0.717, 1.165) is 19.5 Å². The zero-order chi connectivity index (χ0) is 11.2. The third-order valence-corrected chi connectivity index (χ3v) is 2.23. The number of hydrogen-bond acceptors (Lipinski definition) is 2. The summed E-state index contributed by atoms with van der Waals surface area (Å²) < 4.78 is 0. The zero-order valence-electron chi connectivity index (χ0n) is 10.6. The molecule has 0 fully saturated rings. The Morgan fingerprint density at radius 3 is 1.93 bits per heavy atom. The van der Waals surface area contributed by atoms with Gasteiger partial charge in [0.05, 0.1) is 0 Å². The maximum absolute atomic E-state index is 5.89. The first-order valence-electron chi connectivity index (χ1n) is 5.70. The summed E-state index contributed by atoms with van der Waals surface area (Å²) in [6, 6.07) is 0. The van der Waals surface area contributed by atoms with Crippen molar-refractivity contribution >= 4 is 0 Å². The average molecular weight is 200 g/mol. The normalized spacial score (nSPS) is 13.3. The van der Waals surface area contributed by atoms with Crippen LogP contribution in [0.2, 0.25) is 0 Å². The Bertz CT molecular complexity index is 121. The predicted octanol–water partition coefficient (Wildman–Crippen LogP) is 2.53. The highest BCUT2D eigenvalue weighted by Crippen LogP contribution is 2.16. The Hall–Kier alpha value is -0.0800. The molecule has 0 amide bonds. The summed E-state index contributed by atoms with van der Waals surface area (Å²) >= 11 is 0. The van der Waals surface area contributed by atoms with Crippen molar-refractivity contribution in [3.63, 3.8) is 0 Å². The quantitative estimate of drug-likeness (QED) is 0.647. The molecule has 86 valence electrons. The molecule has 0 heterocycles. The van der Waals surface area contributed by atoms with Gasteiger partial charge in [0.2, 0.25) is 0 Å². The van der Waals surface area contributed by atoms with Crippen LogP contribution in [0.5, 0.6) is 0 Å². The molecule has 0 bridgehead atoms. The van der Waals surface area contributed by atoms with E-state index in [0.29, 0.717) is 5.41 Å². The minimum atomic E-state index is -0.00823. The number of hydrogen-bond donors (Lipinski definition) is 2. The van der Waals surface area contributed by atoms with Crippen molar-refractivity contribution in [3.05, 3.63) is 0 Å². The van der Waals surface area contributed by atoms with E-state index in [1.807, 2.05) is 0 Å². The molecule has 0 aromatic carbocycles. The Balaban J connectivity index is 3.23. The molecular formula is C12H28N2. The highest BCUT2D eigenvalue weighted by molar-refractivity contribution is 4.71. The van der Waals surface area contributed by atoms with Crippen LogP contribution in [0, 0.1) is 5.41 Å². The molecule has 0 aromatic rings. The van der Waals surface area contributed by atoms with Gasteiger partial charge in [0.15, 0.2) is 0 Å². The first kappa shape index (κ1) is 13.9. The first-order chi connectivity index (χ1) is 6.21. The van der Waals surface area contributed by atoms with Crippen LogP contribution in [0.3, 0.4) is 0 Å². The van der Waals surface area contributed by atoms with Gasteiger partial charge < -0.3 is 11.1 Å². The molecule has 0 saturated heterocycles. The van der Waals surface area contributed by atoms with Crippen molar-refractivity contribution in [3.8, 4) is 0 Å². The fourth-order valence-electron chi connectivity index (χ4n) is 1.26. The van der Waals surface area contributed by atoms with Crippen LogP contribution in [-0.4, -0.2) is 18.6 Å². The SMILES string of the molecule is CC(C)(C)CCNCCCC(C)(C)N. The summed E-state index contributed by atoms with van der Waals surface area (Å²) in [6.07, 6.45) is 3.50. The van der Waals surface area contributed by atoms with E-state index in [1.165, 1.54) is 12.8 Å². The Labute approximate surface area is 89.6 Å². The van der Waals surface area contributed by atoms with E-state index in [1.54, 1.807) is 0 Å². The third kappa shape index (κ3) is 11.9. The lowest BCUT2D eigenvalue weighted by Gasteiger charge is -2.20. The largest absolute Gasteiger partial charge is 0.326 e. The molecular weight excluding hydrogens is 172 g/mol. The standard InChI is InChI=1S/C12H28N2/c1-11(2,3)8-10-14-9-6-7-12(4,5)13/h14H,6-10,13H2,1-5H3. The van der Waals surface area contributed by atoms with Gasteiger partial charge in [-0.15, -0.1) is 0 Å². The topological polar surface area (TPSA) is 38.0 Å². The van der Waals surface area contributed by atoms with Crippen LogP contribution in [0.25, 0.3) is 0 Å². The van der Waals surface area contributed by atoms with E-state index in [2.05, 4.69) is 39.9 Å². The number of nitrogens with two attached hydrogens (primary N) is 1. The molecule has 2 nitrogen and oxygen atoms in total. The lowest BCUT2D eigenvalue weighted by Crippen LogP contribution is -2.33. The monoisotopic (exact) mass is 200 g/mol. The van der Waals surface area contributed by atoms with Crippen molar-refractivity contribution in [2.24, 2.45) is 11.1 Å². The second-order valence-electron chi connectivity index (χ2n) is 6.15. The Morgan fingerprint density at radius 1 is 0.929 bits per heavy atom. The maximum Gasteiger partial charge on any atom is 0.00975 e. The molecule has 2 heteroatoms. The van der Waals surface area contributed by atoms with Crippen molar-refractivity contribution in [1.82, 2.24) is 5.32 Å². The number of nitrogens with one attached hydrogen (secondary N) is 1. The summed E-state index contributed by atoms with van der Waals surface area (Å²) in [5.41, 5.74) is 6.33. The van der Waals surface area contributed by atoms with Gasteiger partial charge in [-0.3, -0.25) is 0 Å². The van der Waals surface area contributed by atoms with Crippen LogP contribution < -0.4 is 11.1 Å². The van der Waals surface area contributed by atoms with Gasteiger partial charge in [-0.1, -0.05) is 20.8 Å². The van der Waals surface area contributed by atoms with Crippen LogP contribution in [0.4, 0.5) is 0 Å². The summed E-state index contributed by atoms with van der Waals surface area (Å²) in [5, 5.41) is 3.46. The minimum Gasteiger partial charge on any atom is -0.326 e. The third-order valence-electron chi connectivity index (χ3n) is 2.23. The summed E-state index contributed by atoms with van der Waals surface area (Å²) in [4.78, 5) is 0. The van der Waals surface area contributed by atoms with Crippen molar-refractivity contribution < 1.29 is 0 Å². The molecule has 0 aliphatic rings. The Morgan fingerprint density at radius 2 is 1.50 bits per heavy atom. The van der Waals surface area contributed by atoms with Crippen molar-refractivity contribution in [1.29, 1.82) is 0 Å². The van der Waals surface area contributed by atoms with E-state index < -0.39 is 0 Å². The first-order valence-corrected chi connectivity index (χ1v) is 5.70. The van der Waals surface area contributed by atoms with Gasteiger partial charge >= 0.3 is 0 Å². The molecule has 0 aliphatic heterocycles. The smallest absolute Gasteiger partial charge is 0.00975 e. The highest BCUT2D eigenvalue weighted by Gasteiger charge is 2.10. The van der Waals surface area contributed by atoms with Gasteiger partial charge in [-0.25, -0.2) is 0 Å². The maximum atomic E-state index is 5.89. The summed E-state index contributed by atoms with van der Waals surface area (Å²) in [7, 11) is 0.